The van der Waals surface area contributed by atoms with Gasteiger partial charge in [0, 0.05) is 13.1 Å². The molecule has 1 aliphatic heterocycles. The van der Waals surface area contributed by atoms with Crippen LogP contribution < -0.4 is 9.47 Å². The quantitative estimate of drug-likeness (QED) is 0.904. The van der Waals surface area contributed by atoms with Crippen molar-refractivity contribution >= 4 is 0 Å². The highest BCUT2D eigenvalue weighted by Crippen LogP contribution is 2.31. The van der Waals surface area contributed by atoms with E-state index in [0.29, 0.717) is 0 Å². The predicted octanol–water partition coefficient (Wildman–Crippen LogP) is 1.97. The van der Waals surface area contributed by atoms with Gasteiger partial charge in [0.15, 0.2) is 11.5 Å². The molecule has 1 N–H and O–H groups in total. The zero-order valence-electron chi connectivity index (χ0n) is 12.0. The first-order chi connectivity index (χ1) is 9.13. The highest BCUT2D eigenvalue weighted by atomic mass is 16.5. The third-order valence-electron chi connectivity index (χ3n) is 3.72. The molecule has 1 aliphatic rings. The normalized spacial score (nSPS) is 20.3. The number of rotatable bonds is 4. The molecule has 1 saturated heterocycles. The fourth-order valence-electron chi connectivity index (χ4n) is 2.61. The molecule has 106 valence electrons. The minimum Gasteiger partial charge on any atom is -0.493 e. The van der Waals surface area contributed by atoms with Crippen molar-refractivity contribution in [3.05, 3.63) is 23.3 Å². The summed E-state index contributed by atoms with van der Waals surface area (Å²) < 4.78 is 10.6. The van der Waals surface area contributed by atoms with Gasteiger partial charge in [0.25, 0.3) is 0 Å². The number of aliphatic hydroxyl groups excluding tert-OH is 1. The van der Waals surface area contributed by atoms with Crippen LogP contribution in [-0.4, -0.2) is 43.4 Å². The minimum absolute atomic E-state index is 0.186. The second-order valence-electron chi connectivity index (χ2n) is 5.16. The number of hydrogen-bond acceptors (Lipinski definition) is 4. The summed E-state index contributed by atoms with van der Waals surface area (Å²) in [7, 11) is 3.31. The zero-order valence-corrected chi connectivity index (χ0v) is 12.0. The predicted molar refractivity (Wildman–Crippen MR) is 74.8 cm³/mol. The molecule has 2 rings (SSSR count). The molecular formula is C15H23NO3. The summed E-state index contributed by atoms with van der Waals surface area (Å²) in [4.78, 5) is 2.29. The van der Waals surface area contributed by atoms with Gasteiger partial charge in [-0.15, -0.1) is 0 Å². The maximum atomic E-state index is 9.72. The van der Waals surface area contributed by atoms with Gasteiger partial charge in [-0.05, 0) is 49.6 Å². The number of benzene rings is 1. The SMILES string of the molecule is COc1cc(C)c(CN2CCCC(O)C2)cc1OC. The summed E-state index contributed by atoms with van der Waals surface area (Å²) in [6, 6.07) is 4.05. The molecule has 1 fully saturated rings. The first kappa shape index (κ1) is 14.2. The van der Waals surface area contributed by atoms with Crippen LogP contribution >= 0.6 is 0 Å². The molecule has 1 heterocycles. The molecule has 0 saturated carbocycles. The zero-order chi connectivity index (χ0) is 13.8. The monoisotopic (exact) mass is 265 g/mol. The number of likely N-dealkylation sites (tertiary alicyclic amines) is 1. The van der Waals surface area contributed by atoms with Crippen molar-refractivity contribution in [3.8, 4) is 11.5 Å². The average molecular weight is 265 g/mol. The fraction of sp³-hybridized carbons (Fsp3) is 0.600. The van der Waals surface area contributed by atoms with Gasteiger partial charge < -0.3 is 14.6 Å². The molecule has 0 spiro atoms. The van der Waals surface area contributed by atoms with E-state index in [1.54, 1.807) is 14.2 Å². The smallest absolute Gasteiger partial charge is 0.161 e. The lowest BCUT2D eigenvalue weighted by Crippen LogP contribution is -2.37. The molecule has 1 aromatic carbocycles. The highest BCUT2D eigenvalue weighted by Gasteiger charge is 2.19. The molecule has 0 aromatic heterocycles. The Bertz CT molecular complexity index is 434. The lowest BCUT2D eigenvalue weighted by molar-refractivity contribution is 0.0667. The first-order valence-corrected chi connectivity index (χ1v) is 6.76. The largest absolute Gasteiger partial charge is 0.493 e. The molecule has 4 nitrogen and oxygen atoms in total. The summed E-state index contributed by atoms with van der Waals surface area (Å²) >= 11 is 0. The number of methoxy groups -OCH3 is 2. The molecule has 0 radical (unpaired) electrons. The van der Waals surface area contributed by atoms with Crippen LogP contribution in [0.4, 0.5) is 0 Å². The van der Waals surface area contributed by atoms with Crippen molar-refractivity contribution < 1.29 is 14.6 Å². The lowest BCUT2D eigenvalue weighted by atomic mass is 10.0. The fourth-order valence-corrected chi connectivity index (χ4v) is 2.61. The summed E-state index contributed by atoms with van der Waals surface area (Å²) in [5.74, 6) is 1.53. The molecule has 19 heavy (non-hydrogen) atoms. The molecule has 1 unspecified atom stereocenters. The van der Waals surface area contributed by atoms with Crippen LogP contribution in [0.25, 0.3) is 0 Å². The van der Waals surface area contributed by atoms with Crippen molar-refractivity contribution in [1.82, 2.24) is 4.90 Å². The number of aryl methyl sites for hydroxylation is 1. The van der Waals surface area contributed by atoms with Crippen molar-refractivity contribution in [2.24, 2.45) is 0 Å². The summed E-state index contributed by atoms with van der Waals surface area (Å²) in [5, 5.41) is 9.72. The summed E-state index contributed by atoms with van der Waals surface area (Å²) in [6.45, 7) is 4.74. The Morgan fingerprint density at radius 3 is 2.58 bits per heavy atom. The van der Waals surface area contributed by atoms with E-state index in [1.807, 2.05) is 12.1 Å². The Balaban J connectivity index is 2.15. The Labute approximate surface area is 114 Å². The van der Waals surface area contributed by atoms with E-state index in [4.69, 9.17) is 9.47 Å². The van der Waals surface area contributed by atoms with Gasteiger partial charge in [0.05, 0.1) is 20.3 Å². The average Bonchev–Trinajstić information content (AvgIpc) is 2.40. The van der Waals surface area contributed by atoms with Crippen LogP contribution in [0.15, 0.2) is 12.1 Å². The summed E-state index contributed by atoms with van der Waals surface area (Å²) in [5.41, 5.74) is 2.42. The number of aliphatic hydroxyl groups is 1. The van der Waals surface area contributed by atoms with E-state index in [1.165, 1.54) is 11.1 Å². The minimum atomic E-state index is -0.186. The number of piperidine rings is 1. The van der Waals surface area contributed by atoms with Crippen LogP contribution in [-0.2, 0) is 6.54 Å². The molecular weight excluding hydrogens is 242 g/mol. The van der Waals surface area contributed by atoms with Crippen LogP contribution in [0, 0.1) is 6.92 Å². The van der Waals surface area contributed by atoms with Gasteiger partial charge in [-0.2, -0.15) is 0 Å². The van der Waals surface area contributed by atoms with E-state index >= 15 is 0 Å². The Morgan fingerprint density at radius 2 is 1.95 bits per heavy atom. The molecule has 0 bridgehead atoms. The highest BCUT2D eigenvalue weighted by molar-refractivity contribution is 5.47. The lowest BCUT2D eigenvalue weighted by Gasteiger charge is -2.30. The number of β-amino-alcohol motifs (C(OH)–C–C–N with tert-alkyl or cyclic N) is 1. The molecule has 1 aromatic rings. The van der Waals surface area contributed by atoms with Crippen molar-refractivity contribution in [2.75, 3.05) is 27.3 Å². The van der Waals surface area contributed by atoms with Crippen LogP contribution in [0.1, 0.15) is 24.0 Å². The standard InChI is InChI=1S/C15H23NO3/c1-11-7-14(18-2)15(19-3)8-12(11)9-16-6-4-5-13(17)10-16/h7-8,13,17H,4-6,9-10H2,1-3H3. The van der Waals surface area contributed by atoms with Crippen molar-refractivity contribution in [2.45, 2.75) is 32.4 Å². The summed E-state index contributed by atoms with van der Waals surface area (Å²) in [6.07, 6.45) is 1.80. The van der Waals surface area contributed by atoms with E-state index in [9.17, 15) is 5.11 Å². The Kier molecular flexibility index (Phi) is 4.66. The topological polar surface area (TPSA) is 41.9 Å². The first-order valence-electron chi connectivity index (χ1n) is 6.76. The second-order valence-corrected chi connectivity index (χ2v) is 5.16. The maximum absolute atomic E-state index is 9.72. The van der Waals surface area contributed by atoms with Gasteiger partial charge >= 0.3 is 0 Å². The van der Waals surface area contributed by atoms with E-state index in [0.717, 1.165) is 44.0 Å². The van der Waals surface area contributed by atoms with E-state index in [-0.39, 0.29) is 6.10 Å². The second kappa shape index (κ2) is 6.26. The van der Waals surface area contributed by atoms with Crippen LogP contribution in [0.5, 0.6) is 11.5 Å². The number of ether oxygens (including phenoxy) is 2. The van der Waals surface area contributed by atoms with E-state index in [2.05, 4.69) is 11.8 Å². The molecule has 4 heteroatoms. The third kappa shape index (κ3) is 3.39. The van der Waals surface area contributed by atoms with Gasteiger partial charge in [0.1, 0.15) is 0 Å². The van der Waals surface area contributed by atoms with Crippen LogP contribution in [0.2, 0.25) is 0 Å². The van der Waals surface area contributed by atoms with Gasteiger partial charge in [-0.3, -0.25) is 4.90 Å². The number of hydrogen-bond donors (Lipinski definition) is 1. The van der Waals surface area contributed by atoms with Crippen LogP contribution in [0.3, 0.4) is 0 Å². The Hall–Kier alpha value is -1.26. The molecule has 0 aliphatic carbocycles. The van der Waals surface area contributed by atoms with Gasteiger partial charge in [-0.25, -0.2) is 0 Å². The number of nitrogens with zero attached hydrogens (tertiary/aromatic N) is 1. The van der Waals surface area contributed by atoms with E-state index < -0.39 is 0 Å². The Morgan fingerprint density at radius 1 is 1.26 bits per heavy atom. The molecule has 0 amide bonds. The third-order valence-corrected chi connectivity index (χ3v) is 3.72. The molecule has 1 atom stereocenters. The maximum Gasteiger partial charge on any atom is 0.161 e. The van der Waals surface area contributed by atoms with Gasteiger partial charge in [-0.1, -0.05) is 0 Å². The van der Waals surface area contributed by atoms with Crippen molar-refractivity contribution in [1.29, 1.82) is 0 Å². The van der Waals surface area contributed by atoms with Gasteiger partial charge in [0.2, 0.25) is 0 Å². The van der Waals surface area contributed by atoms with Crippen molar-refractivity contribution in [3.63, 3.8) is 0 Å².